The fourth-order valence-electron chi connectivity index (χ4n) is 2.54. The number of aryl methyl sites for hydroxylation is 1. The number of rotatable bonds is 2. The quantitative estimate of drug-likeness (QED) is 0.505. The third-order valence-electron chi connectivity index (χ3n) is 3.80. The molecule has 3 rings (SSSR count). The Morgan fingerprint density at radius 2 is 1.65 bits per heavy atom. The van der Waals surface area contributed by atoms with Crippen LogP contribution in [0.5, 0.6) is 0 Å². The molecule has 0 radical (unpaired) electrons. The minimum Gasteiger partial charge on any atom is -0.507 e. The summed E-state index contributed by atoms with van der Waals surface area (Å²) >= 11 is 5.87. The molecule has 5 heteroatoms. The Bertz CT molecular complexity index is 807. The molecule has 0 unspecified atom stereocenters. The van der Waals surface area contributed by atoms with Gasteiger partial charge in [-0.15, -0.1) is 0 Å². The molecule has 23 heavy (non-hydrogen) atoms. The number of amides is 1. The van der Waals surface area contributed by atoms with Gasteiger partial charge in [-0.2, -0.15) is 0 Å². The first-order chi connectivity index (χ1) is 11.0. The molecule has 2 aromatic carbocycles. The van der Waals surface area contributed by atoms with Crippen LogP contribution in [0.2, 0.25) is 5.02 Å². The van der Waals surface area contributed by atoms with E-state index in [9.17, 15) is 14.7 Å². The number of ketones is 1. The Balaban J connectivity index is 2.10. The summed E-state index contributed by atoms with van der Waals surface area (Å²) in [5.41, 5.74) is 2.27. The van der Waals surface area contributed by atoms with Crippen LogP contribution in [-0.2, 0) is 9.59 Å². The van der Waals surface area contributed by atoms with E-state index in [-0.39, 0.29) is 11.3 Å². The van der Waals surface area contributed by atoms with Gasteiger partial charge in [0, 0.05) is 10.6 Å². The minimum absolute atomic E-state index is 0.0566. The third kappa shape index (κ3) is 2.85. The Kier molecular flexibility index (Phi) is 3.92. The molecule has 0 aliphatic carbocycles. The second-order valence-corrected chi connectivity index (χ2v) is 5.85. The molecule has 0 bridgehead atoms. The molecule has 1 saturated heterocycles. The van der Waals surface area contributed by atoms with Crippen LogP contribution in [-0.4, -0.2) is 16.8 Å². The topological polar surface area (TPSA) is 66.4 Å². The van der Waals surface area contributed by atoms with Crippen LogP contribution >= 0.6 is 11.6 Å². The van der Waals surface area contributed by atoms with Crippen molar-refractivity contribution in [3.63, 3.8) is 0 Å². The van der Waals surface area contributed by atoms with Gasteiger partial charge >= 0.3 is 0 Å². The third-order valence-corrected chi connectivity index (χ3v) is 4.05. The first-order valence-corrected chi connectivity index (χ1v) is 7.46. The SMILES string of the molecule is Cc1ccc(/C(O)=C2\C(=O)C(=O)N[C@H]2c2ccc(Cl)cc2)cc1. The number of carbonyl (C=O) groups excluding carboxylic acids is 2. The summed E-state index contributed by atoms with van der Waals surface area (Å²) in [6.45, 7) is 1.93. The van der Waals surface area contributed by atoms with Crippen molar-refractivity contribution in [1.29, 1.82) is 0 Å². The van der Waals surface area contributed by atoms with E-state index in [0.717, 1.165) is 5.56 Å². The van der Waals surface area contributed by atoms with Crippen LogP contribution in [0.3, 0.4) is 0 Å². The molecule has 116 valence electrons. The van der Waals surface area contributed by atoms with Crippen molar-refractivity contribution < 1.29 is 14.7 Å². The minimum atomic E-state index is -0.724. The van der Waals surface area contributed by atoms with Crippen molar-refractivity contribution >= 4 is 29.1 Å². The van der Waals surface area contributed by atoms with Gasteiger partial charge in [0.25, 0.3) is 11.7 Å². The number of hydrogen-bond acceptors (Lipinski definition) is 3. The highest BCUT2D eigenvalue weighted by Gasteiger charge is 2.39. The fraction of sp³-hybridized carbons (Fsp3) is 0.111. The molecule has 1 fully saturated rings. The highest BCUT2D eigenvalue weighted by Crippen LogP contribution is 2.33. The van der Waals surface area contributed by atoms with Crippen molar-refractivity contribution in [2.45, 2.75) is 13.0 Å². The van der Waals surface area contributed by atoms with Gasteiger partial charge in [-0.1, -0.05) is 53.6 Å². The van der Waals surface area contributed by atoms with Gasteiger partial charge in [-0.25, -0.2) is 0 Å². The first-order valence-electron chi connectivity index (χ1n) is 7.08. The van der Waals surface area contributed by atoms with Gasteiger partial charge in [-0.3, -0.25) is 9.59 Å². The number of aliphatic hydroxyl groups is 1. The standard InChI is InChI=1S/C18H14ClNO3/c1-10-2-4-12(5-3-10)16(21)14-15(20-18(23)17(14)22)11-6-8-13(19)9-7-11/h2-9,15,21H,1H3,(H,20,23)/b16-14+/t15-/m0/s1. The van der Waals surface area contributed by atoms with E-state index in [4.69, 9.17) is 11.6 Å². The van der Waals surface area contributed by atoms with Crippen LogP contribution in [0.4, 0.5) is 0 Å². The van der Waals surface area contributed by atoms with Crippen LogP contribution in [0, 0.1) is 6.92 Å². The highest BCUT2D eigenvalue weighted by atomic mass is 35.5. The average Bonchev–Trinajstić information content (AvgIpc) is 2.84. The van der Waals surface area contributed by atoms with Gasteiger partial charge in [0.2, 0.25) is 0 Å². The average molecular weight is 328 g/mol. The summed E-state index contributed by atoms with van der Waals surface area (Å²) in [6, 6.07) is 13.2. The number of benzene rings is 2. The molecule has 1 heterocycles. The van der Waals surface area contributed by atoms with Gasteiger partial charge in [0.15, 0.2) is 0 Å². The zero-order valence-electron chi connectivity index (χ0n) is 12.3. The molecule has 1 aliphatic heterocycles. The number of hydrogen-bond donors (Lipinski definition) is 2. The lowest BCUT2D eigenvalue weighted by atomic mass is 9.95. The van der Waals surface area contributed by atoms with Crippen LogP contribution < -0.4 is 5.32 Å². The highest BCUT2D eigenvalue weighted by molar-refractivity contribution is 6.46. The molecular formula is C18H14ClNO3. The lowest BCUT2D eigenvalue weighted by Gasteiger charge is -2.14. The molecule has 1 atom stereocenters. The predicted octanol–water partition coefficient (Wildman–Crippen LogP) is 3.36. The van der Waals surface area contributed by atoms with Crippen LogP contribution in [0.1, 0.15) is 22.7 Å². The maximum Gasteiger partial charge on any atom is 0.293 e. The predicted molar refractivity (Wildman–Crippen MR) is 88.1 cm³/mol. The maximum absolute atomic E-state index is 12.2. The summed E-state index contributed by atoms with van der Waals surface area (Å²) in [4.78, 5) is 24.0. The summed E-state index contributed by atoms with van der Waals surface area (Å²) < 4.78 is 0. The monoisotopic (exact) mass is 327 g/mol. The van der Waals surface area contributed by atoms with Gasteiger partial charge in [0.05, 0.1) is 11.6 Å². The number of carbonyl (C=O) groups is 2. The van der Waals surface area contributed by atoms with E-state index in [1.807, 2.05) is 19.1 Å². The van der Waals surface area contributed by atoms with Crippen molar-refractivity contribution in [2.75, 3.05) is 0 Å². The van der Waals surface area contributed by atoms with Crippen LogP contribution in [0.25, 0.3) is 5.76 Å². The Morgan fingerprint density at radius 3 is 2.26 bits per heavy atom. The molecular weight excluding hydrogens is 314 g/mol. The second-order valence-electron chi connectivity index (χ2n) is 5.42. The summed E-state index contributed by atoms with van der Waals surface area (Å²) in [7, 11) is 0. The molecule has 2 N–H and O–H groups in total. The van der Waals surface area contributed by atoms with E-state index >= 15 is 0 Å². The second kappa shape index (κ2) is 5.89. The largest absolute Gasteiger partial charge is 0.507 e. The zero-order chi connectivity index (χ0) is 16.6. The zero-order valence-corrected chi connectivity index (χ0v) is 13.1. The van der Waals surface area contributed by atoms with Crippen LogP contribution in [0.15, 0.2) is 54.1 Å². The Hall–Kier alpha value is -2.59. The molecule has 0 spiro atoms. The van der Waals surface area contributed by atoms with Crippen molar-refractivity contribution in [2.24, 2.45) is 0 Å². The van der Waals surface area contributed by atoms with E-state index < -0.39 is 17.7 Å². The molecule has 0 saturated carbocycles. The van der Waals surface area contributed by atoms with Gasteiger partial charge < -0.3 is 10.4 Å². The summed E-state index contributed by atoms with van der Waals surface area (Å²) in [5, 5.41) is 13.7. The van der Waals surface area contributed by atoms with Gasteiger partial charge in [0.1, 0.15) is 5.76 Å². The van der Waals surface area contributed by atoms with E-state index in [1.165, 1.54) is 0 Å². The fourth-order valence-corrected chi connectivity index (χ4v) is 2.66. The number of halogens is 1. The number of Topliss-reactive ketones (excluding diaryl/α,β-unsaturated/α-hetero) is 1. The maximum atomic E-state index is 12.2. The normalized spacial score (nSPS) is 19.7. The lowest BCUT2D eigenvalue weighted by molar-refractivity contribution is -0.133. The van der Waals surface area contributed by atoms with Crippen molar-refractivity contribution in [1.82, 2.24) is 5.32 Å². The van der Waals surface area contributed by atoms with Gasteiger partial charge in [-0.05, 0) is 24.6 Å². The first kappa shape index (κ1) is 15.3. The molecule has 0 aromatic heterocycles. The molecule has 2 aromatic rings. The van der Waals surface area contributed by atoms with E-state index in [2.05, 4.69) is 5.32 Å². The van der Waals surface area contributed by atoms with E-state index in [1.54, 1.807) is 36.4 Å². The Morgan fingerprint density at radius 1 is 1.04 bits per heavy atom. The smallest absolute Gasteiger partial charge is 0.293 e. The summed E-state index contributed by atoms with van der Waals surface area (Å²) in [6.07, 6.45) is 0. The number of nitrogens with one attached hydrogen (secondary N) is 1. The molecule has 1 aliphatic rings. The number of aliphatic hydroxyl groups excluding tert-OH is 1. The molecule has 4 nitrogen and oxygen atoms in total. The van der Waals surface area contributed by atoms with Crippen molar-refractivity contribution in [3.8, 4) is 0 Å². The Labute approximate surface area is 138 Å². The summed E-state index contributed by atoms with van der Waals surface area (Å²) in [5.74, 6) is -1.63. The van der Waals surface area contributed by atoms with E-state index in [0.29, 0.717) is 16.1 Å². The van der Waals surface area contributed by atoms with Crippen molar-refractivity contribution in [3.05, 3.63) is 75.8 Å². The molecule has 1 amide bonds. The lowest BCUT2D eigenvalue weighted by Crippen LogP contribution is -2.21.